The molecule has 0 fully saturated rings. The Labute approximate surface area is 123 Å². The molecule has 1 heterocycles. The Morgan fingerprint density at radius 2 is 1.85 bits per heavy atom. The number of benzene rings is 1. The maximum absolute atomic E-state index is 5.95. The highest BCUT2D eigenvalue weighted by Crippen LogP contribution is 2.32. The SMILES string of the molecule is CCc1ccc(Oc2cc(Cl)nc(CC)n2)c(OC)c1. The van der Waals surface area contributed by atoms with Gasteiger partial charge in [-0.25, -0.2) is 4.98 Å². The number of hydrogen-bond acceptors (Lipinski definition) is 4. The van der Waals surface area contributed by atoms with Gasteiger partial charge >= 0.3 is 0 Å². The van der Waals surface area contributed by atoms with Crippen LogP contribution in [0.5, 0.6) is 17.4 Å². The number of aromatic nitrogens is 2. The zero-order valence-corrected chi connectivity index (χ0v) is 12.6. The van der Waals surface area contributed by atoms with Gasteiger partial charge in [0.05, 0.1) is 7.11 Å². The van der Waals surface area contributed by atoms with Gasteiger partial charge in [-0.3, -0.25) is 0 Å². The summed E-state index contributed by atoms with van der Waals surface area (Å²) in [5, 5.41) is 0.371. The second-order valence-electron chi connectivity index (χ2n) is 4.24. The number of halogens is 1. The van der Waals surface area contributed by atoms with Gasteiger partial charge in [0.1, 0.15) is 11.0 Å². The fraction of sp³-hybridized carbons (Fsp3) is 0.333. The molecule has 0 bridgehead atoms. The molecule has 0 unspecified atom stereocenters. The fourth-order valence-electron chi connectivity index (χ4n) is 1.78. The van der Waals surface area contributed by atoms with Crippen LogP contribution in [0.1, 0.15) is 25.2 Å². The first-order chi connectivity index (χ1) is 9.66. The lowest BCUT2D eigenvalue weighted by molar-refractivity contribution is 0.373. The molecule has 0 aliphatic carbocycles. The van der Waals surface area contributed by atoms with Gasteiger partial charge in [0.2, 0.25) is 5.88 Å². The Balaban J connectivity index is 2.31. The van der Waals surface area contributed by atoms with Crippen LogP contribution in [0.4, 0.5) is 0 Å². The third-order valence-electron chi connectivity index (χ3n) is 2.88. The predicted octanol–water partition coefficient (Wildman–Crippen LogP) is 4.06. The molecular weight excluding hydrogens is 276 g/mol. The van der Waals surface area contributed by atoms with E-state index in [2.05, 4.69) is 16.9 Å². The minimum Gasteiger partial charge on any atom is -0.493 e. The van der Waals surface area contributed by atoms with Crippen molar-refractivity contribution in [1.82, 2.24) is 9.97 Å². The molecule has 1 aromatic heterocycles. The molecule has 2 aromatic rings. The summed E-state index contributed by atoms with van der Waals surface area (Å²) in [6, 6.07) is 7.42. The maximum Gasteiger partial charge on any atom is 0.224 e. The molecule has 4 nitrogen and oxygen atoms in total. The minimum atomic E-state index is 0.371. The molecule has 0 atom stereocenters. The number of hydrogen-bond donors (Lipinski definition) is 0. The normalized spacial score (nSPS) is 10.4. The maximum atomic E-state index is 5.95. The molecule has 0 aliphatic heterocycles. The van der Waals surface area contributed by atoms with Crippen molar-refractivity contribution in [2.45, 2.75) is 26.7 Å². The lowest BCUT2D eigenvalue weighted by Crippen LogP contribution is -1.98. The van der Waals surface area contributed by atoms with Gasteiger partial charge in [-0.1, -0.05) is 31.5 Å². The summed E-state index contributed by atoms with van der Waals surface area (Å²) >= 11 is 5.95. The summed E-state index contributed by atoms with van der Waals surface area (Å²) in [5.41, 5.74) is 1.18. The molecule has 0 spiro atoms. The summed E-state index contributed by atoms with van der Waals surface area (Å²) in [5.74, 6) is 2.36. The Kier molecular flexibility index (Phi) is 4.79. The predicted molar refractivity (Wildman–Crippen MR) is 78.9 cm³/mol. The van der Waals surface area contributed by atoms with Gasteiger partial charge in [0.15, 0.2) is 11.5 Å². The number of aryl methyl sites for hydroxylation is 2. The smallest absolute Gasteiger partial charge is 0.224 e. The summed E-state index contributed by atoms with van der Waals surface area (Å²) in [6.07, 6.45) is 1.64. The van der Waals surface area contributed by atoms with E-state index >= 15 is 0 Å². The number of rotatable bonds is 5. The summed E-state index contributed by atoms with van der Waals surface area (Å²) in [6.45, 7) is 4.05. The van der Waals surface area contributed by atoms with Crippen molar-refractivity contribution in [3.63, 3.8) is 0 Å². The average molecular weight is 293 g/mol. The zero-order valence-electron chi connectivity index (χ0n) is 11.8. The van der Waals surface area contributed by atoms with Crippen molar-refractivity contribution >= 4 is 11.6 Å². The highest BCUT2D eigenvalue weighted by atomic mass is 35.5. The molecule has 0 aliphatic rings. The van der Waals surface area contributed by atoms with Crippen LogP contribution in [-0.4, -0.2) is 17.1 Å². The van der Waals surface area contributed by atoms with E-state index < -0.39 is 0 Å². The topological polar surface area (TPSA) is 44.2 Å². The first-order valence-corrected chi connectivity index (χ1v) is 6.92. The molecule has 1 aromatic carbocycles. The number of methoxy groups -OCH3 is 1. The van der Waals surface area contributed by atoms with Gasteiger partial charge in [-0.05, 0) is 24.1 Å². The third kappa shape index (κ3) is 3.39. The van der Waals surface area contributed by atoms with E-state index in [1.165, 1.54) is 5.56 Å². The standard InChI is InChI=1S/C15H17ClN2O2/c1-4-10-6-7-11(12(8-10)19-3)20-15-9-13(16)17-14(5-2)18-15/h6-9H,4-5H2,1-3H3. The number of ether oxygens (including phenoxy) is 2. The van der Waals surface area contributed by atoms with Crippen LogP contribution in [0.25, 0.3) is 0 Å². The van der Waals surface area contributed by atoms with Crippen LogP contribution in [0.15, 0.2) is 24.3 Å². The van der Waals surface area contributed by atoms with Crippen molar-refractivity contribution < 1.29 is 9.47 Å². The first kappa shape index (κ1) is 14.6. The molecule has 0 radical (unpaired) electrons. The van der Waals surface area contributed by atoms with Gasteiger partial charge in [0.25, 0.3) is 0 Å². The minimum absolute atomic E-state index is 0.371. The van der Waals surface area contributed by atoms with Crippen LogP contribution in [0.3, 0.4) is 0 Å². The van der Waals surface area contributed by atoms with Crippen molar-refractivity contribution in [1.29, 1.82) is 0 Å². The largest absolute Gasteiger partial charge is 0.493 e. The lowest BCUT2D eigenvalue weighted by atomic mass is 10.1. The fourth-order valence-corrected chi connectivity index (χ4v) is 1.97. The summed E-state index contributed by atoms with van der Waals surface area (Å²) in [4.78, 5) is 8.40. The molecule has 0 saturated heterocycles. The quantitative estimate of drug-likeness (QED) is 0.780. The van der Waals surface area contributed by atoms with Crippen molar-refractivity contribution in [2.75, 3.05) is 7.11 Å². The van der Waals surface area contributed by atoms with E-state index in [1.54, 1.807) is 13.2 Å². The number of nitrogens with zero attached hydrogens (tertiary/aromatic N) is 2. The summed E-state index contributed by atoms with van der Waals surface area (Å²) in [7, 11) is 1.62. The Hall–Kier alpha value is -1.81. The monoisotopic (exact) mass is 292 g/mol. The zero-order chi connectivity index (χ0) is 14.5. The molecule has 2 rings (SSSR count). The highest BCUT2D eigenvalue weighted by molar-refractivity contribution is 6.29. The van der Waals surface area contributed by atoms with Crippen LogP contribution in [0, 0.1) is 0 Å². The van der Waals surface area contributed by atoms with E-state index in [-0.39, 0.29) is 0 Å². The molecule has 20 heavy (non-hydrogen) atoms. The van der Waals surface area contributed by atoms with Crippen LogP contribution < -0.4 is 9.47 Å². The Morgan fingerprint density at radius 1 is 1.05 bits per heavy atom. The van der Waals surface area contributed by atoms with Crippen molar-refractivity contribution in [2.24, 2.45) is 0 Å². The van der Waals surface area contributed by atoms with Gasteiger partial charge in [-0.15, -0.1) is 0 Å². The molecule has 0 saturated carbocycles. The molecule has 5 heteroatoms. The molecular formula is C15H17ClN2O2. The van der Waals surface area contributed by atoms with Crippen LogP contribution in [-0.2, 0) is 12.8 Å². The third-order valence-corrected chi connectivity index (χ3v) is 3.08. The van der Waals surface area contributed by atoms with E-state index in [9.17, 15) is 0 Å². The molecule has 0 amide bonds. The Bertz CT molecular complexity index is 602. The lowest BCUT2D eigenvalue weighted by Gasteiger charge is -2.11. The van der Waals surface area contributed by atoms with Crippen LogP contribution >= 0.6 is 11.6 Å². The Morgan fingerprint density at radius 3 is 2.50 bits per heavy atom. The second kappa shape index (κ2) is 6.57. The summed E-state index contributed by atoms with van der Waals surface area (Å²) < 4.78 is 11.1. The van der Waals surface area contributed by atoms with E-state index in [0.717, 1.165) is 6.42 Å². The van der Waals surface area contributed by atoms with E-state index in [1.807, 2.05) is 25.1 Å². The van der Waals surface area contributed by atoms with Crippen LogP contribution in [0.2, 0.25) is 5.15 Å². The molecule has 106 valence electrons. The highest BCUT2D eigenvalue weighted by Gasteiger charge is 2.09. The van der Waals surface area contributed by atoms with Crippen molar-refractivity contribution in [3.05, 3.63) is 40.8 Å². The van der Waals surface area contributed by atoms with Gasteiger partial charge in [-0.2, -0.15) is 4.98 Å². The molecule has 0 N–H and O–H groups in total. The van der Waals surface area contributed by atoms with E-state index in [0.29, 0.717) is 34.8 Å². The van der Waals surface area contributed by atoms with E-state index in [4.69, 9.17) is 21.1 Å². The first-order valence-electron chi connectivity index (χ1n) is 6.54. The van der Waals surface area contributed by atoms with Gasteiger partial charge < -0.3 is 9.47 Å². The van der Waals surface area contributed by atoms with Crippen molar-refractivity contribution in [3.8, 4) is 17.4 Å². The average Bonchev–Trinajstić information content (AvgIpc) is 2.47. The second-order valence-corrected chi connectivity index (χ2v) is 4.63. The van der Waals surface area contributed by atoms with Gasteiger partial charge in [0, 0.05) is 12.5 Å².